The molecular formula is C17H14Cl2N2. The lowest BCUT2D eigenvalue weighted by atomic mass is 10.2. The van der Waals surface area contributed by atoms with Crippen LogP contribution in [-0.4, -0.2) is 4.57 Å². The summed E-state index contributed by atoms with van der Waals surface area (Å²) in [6, 6.07) is 17.7. The van der Waals surface area contributed by atoms with Crippen LogP contribution < -0.4 is 5.32 Å². The van der Waals surface area contributed by atoms with Gasteiger partial charge in [-0.25, -0.2) is 0 Å². The van der Waals surface area contributed by atoms with Gasteiger partial charge in [-0.15, -0.1) is 0 Å². The molecule has 106 valence electrons. The van der Waals surface area contributed by atoms with Crippen molar-refractivity contribution >= 4 is 28.9 Å². The Bertz CT molecular complexity index is 736. The molecule has 1 N–H and O–H groups in total. The van der Waals surface area contributed by atoms with E-state index in [1.54, 1.807) is 6.07 Å². The third-order valence-corrected chi connectivity index (χ3v) is 3.84. The van der Waals surface area contributed by atoms with Crippen molar-refractivity contribution in [3.05, 3.63) is 82.6 Å². The molecule has 0 aliphatic carbocycles. The first-order chi connectivity index (χ1) is 10.2. The molecule has 1 heterocycles. The van der Waals surface area contributed by atoms with Gasteiger partial charge in [-0.1, -0.05) is 29.3 Å². The number of aromatic nitrogens is 1. The molecule has 4 heteroatoms. The van der Waals surface area contributed by atoms with Gasteiger partial charge in [0.25, 0.3) is 0 Å². The lowest BCUT2D eigenvalue weighted by Gasteiger charge is -2.10. The van der Waals surface area contributed by atoms with Crippen molar-refractivity contribution in [1.29, 1.82) is 0 Å². The Morgan fingerprint density at radius 2 is 1.71 bits per heavy atom. The van der Waals surface area contributed by atoms with E-state index in [-0.39, 0.29) is 0 Å². The van der Waals surface area contributed by atoms with Gasteiger partial charge in [0.1, 0.15) is 0 Å². The predicted octanol–water partition coefficient (Wildman–Crippen LogP) is 5.40. The SMILES string of the molecule is Clc1ccc(Cl)c(CNc2cccc(-n3cccc3)c2)c1. The second kappa shape index (κ2) is 6.25. The molecule has 0 atom stereocenters. The average Bonchev–Trinajstić information content (AvgIpc) is 3.03. The highest BCUT2D eigenvalue weighted by atomic mass is 35.5. The number of anilines is 1. The van der Waals surface area contributed by atoms with E-state index in [0.717, 1.165) is 16.9 Å². The molecule has 0 amide bonds. The molecule has 0 radical (unpaired) electrons. The summed E-state index contributed by atoms with van der Waals surface area (Å²) in [6.07, 6.45) is 4.04. The molecule has 0 saturated carbocycles. The van der Waals surface area contributed by atoms with Gasteiger partial charge >= 0.3 is 0 Å². The zero-order valence-electron chi connectivity index (χ0n) is 11.3. The largest absolute Gasteiger partial charge is 0.381 e. The molecule has 0 fully saturated rings. The molecule has 0 aliphatic rings. The molecule has 2 aromatic carbocycles. The van der Waals surface area contributed by atoms with E-state index >= 15 is 0 Å². The van der Waals surface area contributed by atoms with Gasteiger partial charge in [0.05, 0.1) is 0 Å². The van der Waals surface area contributed by atoms with Crippen molar-refractivity contribution in [2.24, 2.45) is 0 Å². The quantitative estimate of drug-likeness (QED) is 0.682. The van der Waals surface area contributed by atoms with E-state index < -0.39 is 0 Å². The highest BCUT2D eigenvalue weighted by Gasteiger charge is 2.02. The van der Waals surface area contributed by atoms with Crippen LogP contribution in [0, 0.1) is 0 Å². The summed E-state index contributed by atoms with van der Waals surface area (Å²) >= 11 is 12.2. The van der Waals surface area contributed by atoms with Gasteiger partial charge < -0.3 is 9.88 Å². The van der Waals surface area contributed by atoms with Crippen molar-refractivity contribution in [1.82, 2.24) is 4.57 Å². The fourth-order valence-corrected chi connectivity index (χ4v) is 2.54. The summed E-state index contributed by atoms with van der Waals surface area (Å²) in [5.74, 6) is 0. The Hall–Kier alpha value is -1.90. The fraction of sp³-hybridized carbons (Fsp3) is 0.0588. The highest BCUT2D eigenvalue weighted by molar-refractivity contribution is 6.33. The first kappa shape index (κ1) is 14.1. The first-order valence-electron chi connectivity index (χ1n) is 6.63. The van der Waals surface area contributed by atoms with E-state index in [9.17, 15) is 0 Å². The zero-order chi connectivity index (χ0) is 14.7. The molecular weight excluding hydrogens is 303 g/mol. The lowest BCUT2D eigenvalue weighted by Crippen LogP contribution is -2.01. The summed E-state index contributed by atoms with van der Waals surface area (Å²) in [5.41, 5.74) is 3.13. The standard InChI is InChI=1S/C17H14Cl2N2/c18-14-6-7-17(19)13(10-14)12-20-15-4-3-5-16(11-15)21-8-1-2-9-21/h1-11,20H,12H2. The molecule has 1 aromatic heterocycles. The summed E-state index contributed by atoms with van der Waals surface area (Å²) in [5, 5.41) is 4.78. The Morgan fingerprint density at radius 1 is 0.905 bits per heavy atom. The summed E-state index contributed by atoms with van der Waals surface area (Å²) in [4.78, 5) is 0. The maximum absolute atomic E-state index is 6.17. The molecule has 3 rings (SSSR count). The van der Waals surface area contributed by atoms with Gasteiger partial charge in [0.2, 0.25) is 0 Å². The molecule has 2 nitrogen and oxygen atoms in total. The van der Waals surface area contributed by atoms with Crippen molar-refractivity contribution in [3.8, 4) is 5.69 Å². The minimum absolute atomic E-state index is 0.633. The first-order valence-corrected chi connectivity index (χ1v) is 7.39. The second-order valence-corrected chi connectivity index (χ2v) is 5.57. The van der Waals surface area contributed by atoms with E-state index in [0.29, 0.717) is 16.6 Å². The summed E-state index contributed by atoms with van der Waals surface area (Å²) in [6.45, 7) is 0.633. The summed E-state index contributed by atoms with van der Waals surface area (Å²) in [7, 11) is 0. The normalized spacial score (nSPS) is 10.6. The van der Waals surface area contributed by atoms with E-state index in [1.165, 1.54) is 0 Å². The van der Waals surface area contributed by atoms with Crippen LogP contribution in [0.3, 0.4) is 0 Å². The van der Waals surface area contributed by atoms with Crippen molar-refractivity contribution < 1.29 is 0 Å². The Balaban J connectivity index is 1.76. The van der Waals surface area contributed by atoms with Crippen LogP contribution in [0.15, 0.2) is 67.0 Å². The van der Waals surface area contributed by atoms with E-state index in [1.807, 2.05) is 48.8 Å². The van der Waals surface area contributed by atoms with Crippen molar-refractivity contribution in [2.45, 2.75) is 6.54 Å². The molecule has 3 aromatic rings. The van der Waals surface area contributed by atoms with Crippen LogP contribution in [0.1, 0.15) is 5.56 Å². The minimum atomic E-state index is 0.633. The highest BCUT2D eigenvalue weighted by Crippen LogP contribution is 2.22. The molecule has 0 unspecified atom stereocenters. The van der Waals surface area contributed by atoms with Crippen LogP contribution in [-0.2, 0) is 6.54 Å². The molecule has 0 bridgehead atoms. The van der Waals surface area contributed by atoms with Gasteiger partial charge in [0.15, 0.2) is 0 Å². The molecule has 21 heavy (non-hydrogen) atoms. The average molecular weight is 317 g/mol. The monoisotopic (exact) mass is 316 g/mol. The fourth-order valence-electron chi connectivity index (χ4n) is 2.16. The molecule has 0 spiro atoms. The Morgan fingerprint density at radius 3 is 2.52 bits per heavy atom. The topological polar surface area (TPSA) is 17.0 Å². The number of nitrogens with one attached hydrogen (secondary N) is 1. The second-order valence-electron chi connectivity index (χ2n) is 4.73. The Labute approximate surface area is 133 Å². The number of hydrogen-bond donors (Lipinski definition) is 1. The van der Waals surface area contributed by atoms with Crippen LogP contribution in [0.2, 0.25) is 10.0 Å². The smallest absolute Gasteiger partial charge is 0.0469 e. The maximum atomic E-state index is 6.17. The van der Waals surface area contributed by atoms with Crippen LogP contribution >= 0.6 is 23.2 Å². The van der Waals surface area contributed by atoms with Gasteiger partial charge in [0, 0.05) is 40.4 Å². The lowest BCUT2D eigenvalue weighted by molar-refractivity contribution is 1.07. The summed E-state index contributed by atoms with van der Waals surface area (Å²) < 4.78 is 2.07. The van der Waals surface area contributed by atoms with Crippen molar-refractivity contribution in [2.75, 3.05) is 5.32 Å². The van der Waals surface area contributed by atoms with Gasteiger partial charge in [-0.3, -0.25) is 0 Å². The van der Waals surface area contributed by atoms with Crippen LogP contribution in [0.5, 0.6) is 0 Å². The van der Waals surface area contributed by atoms with Crippen LogP contribution in [0.25, 0.3) is 5.69 Å². The third kappa shape index (κ3) is 3.41. The van der Waals surface area contributed by atoms with E-state index in [2.05, 4.69) is 22.0 Å². The number of nitrogens with zero attached hydrogens (tertiary/aromatic N) is 1. The number of rotatable bonds is 4. The zero-order valence-corrected chi connectivity index (χ0v) is 12.8. The number of halogens is 2. The van der Waals surface area contributed by atoms with Crippen LogP contribution in [0.4, 0.5) is 5.69 Å². The third-order valence-electron chi connectivity index (χ3n) is 3.24. The number of hydrogen-bond acceptors (Lipinski definition) is 1. The van der Waals surface area contributed by atoms with E-state index in [4.69, 9.17) is 23.2 Å². The Kier molecular flexibility index (Phi) is 4.18. The predicted molar refractivity (Wildman–Crippen MR) is 89.6 cm³/mol. The molecule has 0 aliphatic heterocycles. The maximum Gasteiger partial charge on any atom is 0.0469 e. The van der Waals surface area contributed by atoms with Gasteiger partial charge in [-0.2, -0.15) is 0 Å². The molecule has 0 saturated heterocycles. The van der Waals surface area contributed by atoms with Gasteiger partial charge in [-0.05, 0) is 54.1 Å². The van der Waals surface area contributed by atoms with Crippen molar-refractivity contribution in [3.63, 3.8) is 0 Å². The number of benzene rings is 2. The minimum Gasteiger partial charge on any atom is -0.381 e.